The molecule has 3 aromatic carbocycles. The van der Waals surface area contributed by atoms with Crippen LogP contribution in [0.4, 0.5) is 15.8 Å². The SMILES string of the molecule is C=CCOc1ccc(C(C=C)CCCc2ccc(F)c(Nc3ccccc3)c2)cc1. The molecule has 0 spiro atoms. The second kappa shape index (κ2) is 11.0. The summed E-state index contributed by atoms with van der Waals surface area (Å²) >= 11 is 0. The van der Waals surface area contributed by atoms with Crippen molar-refractivity contribution in [1.29, 1.82) is 0 Å². The molecule has 3 aromatic rings. The number of para-hydroxylation sites is 1. The van der Waals surface area contributed by atoms with Crippen molar-refractivity contribution in [2.75, 3.05) is 11.9 Å². The monoisotopic (exact) mass is 401 g/mol. The number of rotatable bonds is 11. The molecule has 0 radical (unpaired) electrons. The average molecular weight is 402 g/mol. The maximum absolute atomic E-state index is 14.2. The minimum Gasteiger partial charge on any atom is -0.490 e. The van der Waals surface area contributed by atoms with Crippen LogP contribution in [0.2, 0.25) is 0 Å². The van der Waals surface area contributed by atoms with Gasteiger partial charge in [0.1, 0.15) is 18.2 Å². The maximum atomic E-state index is 14.2. The van der Waals surface area contributed by atoms with Crippen molar-refractivity contribution in [3.8, 4) is 5.75 Å². The average Bonchev–Trinajstić information content (AvgIpc) is 2.78. The Bertz CT molecular complexity index is 950. The van der Waals surface area contributed by atoms with E-state index < -0.39 is 0 Å². The molecule has 0 heterocycles. The summed E-state index contributed by atoms with van der Waals surface area (Å²) in [5.74, 6) is 0.873. The van der Waals surface area contributed by atoms with E-state index in [0.717, 1.165) is 36.3 Å². The molecule has 3 heteroatoms. The van der Waals surface area contributed by atoms with Crippen molar-refractivity contribution < 1.29 is 9.13 Å². The first-order chi connectivity index (χ1) is 14.7. The normalized spacial score (nSPS) is 11.5. The summed E-state index contributed by atoms with van der Waals surface area (Å²) in [6.07, 6.45) is 6.58. The Morgan fingerprint density at radius 2 is 1.73 bits per heavy atom. The van der Waals surface area contributed by atoms with Gasteiger partial charge in [-0.25, -0.2) is 4.39 Å². The molecule has 1 atom stereocenters. The Hall–Kier alpha value is -3.33. The van der Waals surface area contributed by atoms with E-state index in [4.69, 9.17) is 4.74 Å². The topological polar surface area (TPSA) is 21.3 Å². The molecule has 0 aromatic heterocycles. The van der Waals surface area contributed by atoms with E-state index in [1.54, 1.807) is 6.08 Å². The van der Waals surface area contributed by atoms with Crippen molar-refractivity contribution in [3.05, 3.63) is 115 Å². The zero-order valence-corrected chi connectivity index (χ0v) is 17.2. The van der Waals surface area contributed by atoms with Gasteiger partial charge in [0.15, 0.2) is 0 Å². The largest absolute Gasteiger partial charge is 0.490 e. The summed E-state index contributed by atoms with van der Waals surface area (Å²) in [6.45, 7) is 8.17. The van der Waals surface area contributed by atoms with Crippen LogP contribution in [0.15, 0.2) is 98.1 Å². The van der Waals surface area contributed by atoms with Gasteiger partial charge in [-0.15, -0.1) is 6.58 Å². The molecule has 1 N–H and O–H groups in total. The lowest BCUT2D eigenvalue weighted by atomic mass is 9.92. The van der Waals surface area contributed by atoms with E-state index in [1.165, 1.54) is 11.6 Å². The molecule has 0 saturated carbocycles. The van der Waals surface area contributed by atoms with Crippen LogP contribution in [0.1, 0.15) is 29.9 Å². The molecule has 0 aliphatic rings. The molecule has 0 saturated heterocycles. The summed E-state index contributed by atoms with van der Waals surface area (Å²) in [7, 11) is 0. The molecule has 2 nitrogen and oxygen atoms in total. The molecule has 0 aliphatic heterocycles. The summed E-state index contributed by atoms with van der Waals surface area (Å²) < 4.78 is 19.7. The van der Waals surface area contributed by atoms with Crippen LogP contribution in [0.25, 0.3) is 0 Å². The van der Waals surface area contributed by atoms with Gasteiger partial charge in [0.25, 0.3) is 0 Å². The number of anilines is 2. The van der Waals surface area contributed by atoms with Gasteiger partial charge in [-0.05, 0) is 66.8 Å². The van der Waals surface area contributed by atoms with E-state index in [0.29, 0.717) is 12.3 Å². The Kier molecular flexibility index (Phi) is 7.85. The number of nitrogens with one attached hydrogen (secondary N) is 1. The van der Waals surface area contributed by atoms with Gasteiger partial charge < -0.3 is 10.1 Å². The maximum Gasteiger partial charge on any atom is 0.146 e. The molecule has 3 rings (SSSR count). The van der Waals surface area contributed by atoms with Crippen LogP contribution in [0.5, 0.6) is 5.75 Å². The highest BCUT2D eigenvalue weighted by atomic mass is 19.1. The van der Waals surface area contributed by atoms with Crippen molar-refractivity contribution in [2.24, 2.45) is 0 Å². The Labute approximate surface area is 178 Å². The summed E-state index contributed by atoms with van der Waals surface area (Å²) in [5.41, 5.74) is 3.72. The highest BCUT2D eigenvalue weighted by Gasteiger charge is 2.09. The predicted molar refractivity (Wildman–Crippen MR) is 124 cm³/mol. The quantitative estimate of drug-likeness (QED) is 0.337. The molecule has 0 aliphatic carbocycles. The number of benzene rings is 3. The van der Waals surface area contributed by atoms with Gasteiger partial charge in [0.2, 0.25) is 0 Å². The fourth-order valence-electron chi connectivity index (χ4n) is 3.41. The first-order valence-corrected chi connectivity index (χ1v) is 10.3. The van der Waals surface area contributed by atoms with E-state index >= 15 is 0 Å². The van der Waals surface area contributed by atoms with E-state index in [2.05, 4.69) is 30.6 Å². The van der Waals surface area contributed by atoms with Crippen LogP contribution in [-0.4, -0.2) is 6.61 Å². The third kappa shape index (κ3) is 6.08. The van der Waals surface area contributed by atoms with Gasteiger partial charge in [-0.3, -0.25) is 0 Å². The Balaban J connectivity index is 1.57. The van der Waals surface area contributed by atoms with E-state index in [1.807, 2.05) is 60.7 Å². The minimum atomic E-state index is -0.245. The van der Waals surface area contributed by atoms with Crippen molar-refractivity contribution in [2.45, 2.75) is 25.2 Å². The third-order valence-corrected chi connectivity index (χ3v) is 5.02. The lowest BCUT2D eigenvalue weighted by molar-refractivity contribution is 0.363. The molecular weight excluding hydrogens is 373 g/mol. The molecular formula is C27H28FNO. The fraction of sp³-hybridized carbons (Fsp3) is 0.185. The Morgan fingerprint density at radius 3 is 2.43 bits per heavy atom. The minimum absolute atomic E-state index is 0.245. The number of hydrogen-bond acceptors (Lipinski definition) is 2. The van der Waals surface area contributed by atoms with Gasteiger partial charge >= 0.3 is 0 Å². The fourth-order valence-corrected chi connectivity index (χ4v) is 3.41. The highest BCUT2D eigenvalue weighted by molar-refractivity contribution is 5.60. The number of aryl methyl sites for hydroxylation is 1. The van der Waals surface area contributed by atoms with Crippen molar-refractivity contribution >= 4 is 11.4 Å². The van der Waals surface area contributed by atoms with Crippen LogP contribution in [0.3, 0.4) is 0 Å². The first kappa shape index (κ1) is 21.4. The van der Waals surface area contributed by atoms with Gasteiger partial charge in [0, 0.05) is 11.6 Å². The van der Waals surface area contributed by atoms with Crippen molar-refractivity contribution in [1.82, 2.24) is 0 Å². The van der Waals surface area contributed by atoms with Crippen LogP contribution < -0.4 is 10.1 Å². The molecule has 1 unspecified atom stereocenters. The number of hydrogen-bond donors (Lipinski definition) is 1. The highest BCUT2D eigenvalue weighted by Crippen LogP contribution is 2.27. The summed E-state index contributed by atoms with van der Waals surface area (Å²) in [6, 6.07) is 23.1. The first-order valence-electron chi connectivity index (χ1n) is 10.3. The number of halogens is 1. The van der Waals surface area contributed by atoms with Crippen molar-refractivity contribution in [3.63, 3.8) is 0 Å². The molecule has 30 heavy (non-hydrogen) atoms. The zero-order chi connectivity index (χ0) is 21.2. The zero-order valence-electron chi connectivity index (χ0n) is 17.2. The third-order valence-electron chi connectivity index (χ3n) is 5.02. The van der Waals surface area contributed by atoms with Gasteiger partial charge in [-0.1, -0.05) is 55.1 Å². The van der Waals surface area contributed by atoms with Crippen LogP contribution in [-0.2, 0) is 6.42 Å². The Morgan fingerprint density at radius 1 is 0.967 bits per heavy atom. The lowest BCUT2D eigenvalue weighted by Gasteiger charge is -2.14. The van der Waals surface area contributed by atoms with Crippen LogP contribution in [0, 0.1) is 5.82 Å². The molecule has 0 fully saturated rings. The number of allylic oxidation sites excluding steroid dienone is 1. The number of ether oxygens (including phenoxy) is 1. The van der Waals surface area contributed by atoms with Crippen LogP contribution >= 0.6 is 0 Å². The van der Waals surface area contributed by atoms with E-state index in [9.17, 15) is 4.39 Å². The smallest absolute Gasteiger partial charge is 0.146 e. The summed E-state index contributed by atoms with van der Waals surface area (Å²) in [4.78, 5) is 0. The predicted octanol–water partition coefficient (Wildman–Crippen LogP) is 7.43. The molecule has 154 valence electrons. The summed E-state index contributed by atoms with van der Waals surface area (Å²) in [5, 5.41) is 3.16. The second-order valence-corrected chi connectivity index (χ2v) is 7.21. The lowest BCUT2D eigenvalue weighted by Crippen LogP contribution is -1.99. The standard InChI is InChI=1S/C27H28FNO/c1-3-19-30-25-16-14-23(15-17-25)22(4-2)10-8-9-21-13-18-26(28)27(20-21)29-24-11-6-5-7-12-24/h3-7,11-18,20,22,29H,1-2,8-10,19H2. The van der Waals surface area contributed by atoms with Gasteiger partial charge in [0.05, 0.1) is 5.69 Å². The second-order valence-electron chi connectivity index (χ2n) is 7.21. The van der Waals surface area contributed by atoms with E-state index in [-0.39, 0.29) is 11.7 Å². The van der Waals surface area contributed by atoms with Gasteiger partial charge in [-0.2, -0.15) is 0 Å². The molecule has 0 amide bonds. The molecule has 0 bridgehead atoms.